The maximum absolute atomic E-state index is 8.34. The topological polar surface area (TPSA) is 20.2 Å². The van der Waals surface area contributed by atoms with Crippen molar-refractivity contribution in [1.82, 2.24) is 0 Å². The Morgan fingerprint density at radius 3 is 2.75 bits per heavy atom. The first-order valence-corrected chi connectivity index (χ1v) is 3.17. The standard InChI is InChI=1S/C6H11ClO/c1-6(2-4-7)3-5-8/h3,8H,2,4-5H2,1H3/b6-3+. The van der Waals surface area contributed by atoms with Crippen molar-refractivity contribution in [2.24, 2.45) is 0 Å². The Bertz CT molecular complexity index is 78.6. The van der Waals surface area contributed by atoms with Gasteiger partial charge < -0.3 is 5.11 Å². The van der Waals surface area contributed by atoms with Crippen LogP contribution in [0.5, 0.6) is 0 Å². The third-order valence-electron chi connectivity index (χ3n) is 0.929. The molecular formula is C6H11ClO. The lowest BCUT2D eigenvalue weighted by molar-refractivity contribution is 0.341. The molecule has 0 rings (SSSR count). The van der Waals surface area contributed by atoms with Crippen LogP contribution in [0, 0.1) is 0 Å². The molecule has 48 valence electrons. The minimum atomic E-state index is 0.128. The number of hydrogen-bond acceptors (Lipinski definition) is 1. The van der Waals surface area contributed by atoms with E-state index >= 15 is 0 Å². The first-order valence-electron chi connectivity index (χ1n) is 2.63. The van der Waals surface area contributed by atoms with Crippen LogP contribution < -0.4 is 0 Å². The van der Waals surface area contributed by atoms with Gasteiger partial charge in [0.15, 0.2) is 0 Å². The monoisotopic (exact) mass is 134 g/mol. The quantitative estimate of drug-likeness (QED) is 0.459. The van der Waals surface area contributed by atoms with Gasteiger partial charge in [-0.25, -0.2) is 0 Å². The molecule has 0 aliphatic heterocycles. The highest BCUT2D eigenvalue weighted by atomic mass is 35.5. The maximum atomic E-state index is 8.34. The molecule has 0 aliphatic rings. The van der Waals surface area contributed by atoms with Crippen molar-refractivity contribution in [3.8, 4) is 0 Å². The molecular weight excluding hydrogens is 124 g/mol. The Labute approximate surface area is 55.0 Å². The Morgan fingerprint density at radius 1 is 1.75 bits per heavy atom. The van der Waals surface area contributed by atoms with Gasteiger partial charge in [0.2, 0.25) is 0 Å². The van der Waals surface area contributed by atoms with E-state index in [4.69, 9.17) is 16.7 Å². The van der Waals surface area contributed by atoms with Gasteiger partial charge in [-0.15, -0.1) is 11.6 Å². The Balaban J connectivity index is 3.29. The third-order valence-corrected chi connectivity index (χ3v) is 1.12. The van der Waals surface area contributed by atoms with Crippen LogP contribution in [-0.4, -0.2) is 17.6 Å². The summed E-state index contributed by atoms with van der Waals surface area (Å²) in [6, 6.07) is 0. The summed E-state index contributed by atoms with van der Waals surface area (Å²) in [7, 11) is 0. The molecule has 0 aromatic heterocycles. The van der Waals surface area contributed by atoms with Crippen LogP contribution in [0.2, 0.25) is 0 Å². The predicted molar refractivity (Wildman–Crippen MR) is 36.2 cm³/mol. The SMILES string of the molecule is C/C(=C\CO)CCCl. The van der Waals surface area contributed by atoms with E-state index in [2.05, 4.69) is 0 Å². The van der Waals surface area contributed by atoms with Crippen molar-refractivity contribution < 1.29 is 5.11 Å². The highest BCUT2D eigenvalue weighted by Gasteiger charge is 1.83. The first kappa shape index (κ1) is 7.99. The van der Waals surface area contributed by atoms with Gasteiger partial charge in [-0.2, -0.15) is 0 Å². The summed E-state index contributed by atoms with van der Waals surface area (Å²) in [5, 5.41) is 8.34. The van der Waals surface area contributed by atoms with Crippen molar-refractivity contribution >= 4 is 11.6 Å². The summed E-state index contributed by atoms with van der Waals surface area (Å²) < 4.78 is 0. The zero-order valence-electron chi connectivity index (χ0n) is 5.02. The van der Waals surface area contributed by atoms with Crippen molar-refractivity contribution in [2.45, 2.75) is 13.3 Å². The fourth-order valence-electron chi connectivity index (χ4n) is 0.407. The van der Waals surface area contributed by atoms with Crippen molar-refractivity contribution in [1.29, 1.82) is 0 Å². The van der Waals surface area contributed by atoms with Crippen LogP contribution in [-0.2, 0) is 0 Å². The molecule has 0 aromatic rings. The molecule has 0 unspecified atom stereocenters. The van der Waals surface area contributed by atoms with E-state index in [0.717, 1.165) is 12.0 Å². The predicted octanol–water partition coefficient (Wildman–Crippen LogP) is 1.55. The molecule has 0 saturated heterocycles. The van der Waals surface area contributed by atoms with Gasteiger partial charge in [0.25, 0.3) is 0 Å². The molecule has 0 amide bonds. The van der Waals surface area contributed by atoms with Crippen molar-refractivity contribution in [3.63, 3.8) is 0 Å². The highest BCUT2D eigenvalue weighted by Crippen LogP contribution is 1.99. The van der Waals surface area contributed by atoms with Crippen LogP contribution in [0.4, 0.5) is 0 Å². The number of hydrogen-bond donors (Lipinski definition) is 1. The van der Waals surface area contributed by atoms with Crippen LogP contribution >= 0.6 is 11.6 Å². The molecule has 0 aromatic carbocycles. The molecule has 0 fully saturated rings. The lowest BCUT2D eigenvalue weighted by atomic mass is 10.2. The largest absolute Gasteiger partial charge is 0.392 e. The fraction of sp³-hybridized carbons (Fsp3) is 0.667. The zero-order chi connectivity index (χ0) is 6.41. The van der Waals surface area contributed by atoms with Gasteiger partial charge in [-0.05, 0) is 13.3 Å². The summed E-state index contributed by atoms with van der Waals surface area (Å²) in [5.74, 6) is 0.641. The summed E-state index contributed by atoms with van der Waals surface area (Å²) in [4.78, 5) is 0. The molecule has 0 aliphatic carbocycles. The van der Waals surface area contributed by atoms with Gasteiger partial charge in [0, 0.05) is 5.88 Å². The molecule has 1 N–H and O–H groups in total. The van der Waals surface area contributed by atoms with Crippen molar-refractivity contribution in [3.05, 3.63) is 11.6 Å². The average Bonchev–Trinajstić information content (AvgIpc) is 1.68. The van der Waals surface area contributed by atoms with Crippen LogP contribution in [0.25, 0.3) is 0 Å². The molecule has 2 heteroatoms. The summed E-state index contributed by atoms with van der Waals surface area (Å²) >= 11 is 5.41. The van der Waals surface area contributed by atoms with Gasteiger partial charge in [0.1, 0.15) is 0 Å². The minimum absolute atomic E-state index is 0.128. The van der Waals surface area contributed by atoms with Crippen molar-refractivity contribution in [2.75, 3.05) is 12.5 Å². The smallest absolute Gasteiger partial charge is 0.0614 e. The van der Waals surface area contributed by atoms with E-state index in [-0.39, 0.29) is 6.61 Å². The van der Waals surface area contributed by atoms with E-state index in [0.29, 0.717) is 5.88 Å². The van der Waals surface area contributed by atoms with Gasteiger partial charge >= 0.3 is 0 Å². The third kappa shape index (κ3) is 4.16. The van der Waals surface area contributed by atoms with E-state index in [1.165, 1.54) is 0 Å². The normalized spacial score (nSPS) is 12.1. The summed E-state index contributed by atoms with van der Waals surface area (Å²) in [6.07, 6.45) is 2.64. The number of alkyl halides is 1. The summed E-state index contributed by atoms with van der Waals surface area (Å²) in [5.41, 5.74) is 1.16. The molecule has 8 heavy (non-hydrogen) atoms. The van der Waals surface area contributed by atoms with E-state index in [9.17, 15) is 0 Å². The van der Waals surface area contributed by atoms with Gasteiger partial charge in [-0.1, -0.05) is 11.6 Å². The van der Waals surface area contributed by atoms with Gasteiger partial charge in [-0.3, -0.25) is 0 Å². The molecule has 0 spiro atoms. The van der Waals surface area contributed by atoms with E-state index in [1.54, 1.807) is 6.08 Å². The maximum Gasteiger partial charge on any atom is 0.0614 e. The van der Waals surface area contributed by atoms with Gasteiger partial charge in [0.05, 0.1) is 6.61 Å². The Morgan fingerprint density at radius 2 is 2.38 bits per heavy atom. The van der Waals surface area contributed by atoms with Crippen LogP contribution in [0.15, 0.2) is 11.6 Å². The van der Waals surface area contributed by atoms with E-state index < -0.39 is 0 Å². The molecule has 0 heterocycles. The average molecular weight is 135 g/mol. The molecule has 1 nitrogen and oxygen atoms in total. The second kappa shape index (κ2) is 5.13. The lowest BCUT2D eigenvalue weighted by Crippen LogP contribution is -1.81. The number of aliphatic hydroxyl groups is 1. The second-order valence-electron chi connectivity index (χ2n) is 1.67. The lowest BCUT2D eigenvalue weighted by Gasteiger charge is -1.91. The van der Waals surface area contributed by atoms with Crippen LogP contribution in [0.3, 0.4) is 0 Å². The molecule has 0 bridgehead atoms. The number of rotatable bonds is 3. The Hall–Kier alpha value is -0.0100. The second-order valence-corrected chi connectivity index (χ2v) is 2.05. The zero-order valence-corrected chi connectivity index (χ0v) is 5.78. The fourth-order valence-corrected chi connectivity index (χ4v) is 0.705. The first-order chi connectivity index (χ1) is 3.81. The number of allylic oxidation sites excluding steroid dienone is 1. The van der Waals surface area contributed by atoms with E-state index in [1.807, 2.05) is 6.92 Å². The minimum Gasteiger partial charge on any atom is -0.392 e. The molecule has 0 atom stereocenters. The summed E-state index contributed by atoms with van der Waals surface area (Å²) in [6.45, 7) is 2.08. The molecule has 0 radical (unpaired) electrons. The highest BCUT2D eigenvalue weighted by molar-refractivity contribution is 6.17. The van der Waals surface area contributed by atoms with Crippen LogP contribution in [0.1, 0.15) is 13.3 Å². The molecule has 0 saturated carbocycles. The Kier molecular flexibility index (Phi) is 5.13. The number of aliphatic hydroxyl groups excluding tert-OH is 1. The number of halogens is 1.